The molecule has 0 radical (unpaired) electrons. The molecule has 0 unspecified atom stereocenters. The van der Waals surface area contributed by atoms with Crippen molar-refractivity contribution in [3.05, 3.63) is 11.4 Å². The Morgan fingerprint density at radius 3 is 1.83 bits per heavy atom. The Balaban J connectivity index is 3.01. The zero-order valence-corrected chi connectivity index (χ0v) is 5.68. The summed E-state index contributed by atoms with van der Waals surface area (Å²) >= 11 is 0. The Bertz CT molecular complexity index is 223. The van der Waals surface area contributed by atoms with Crippen LogP contribution in [0.3, 0.4) is 0 Å². The second-order valence-corrected chi connectivity index (χ2v) is 2.49. The van der Waals surface area contributed by atoms with Crippen LogP contribution in [0, 0.1) is 0 Å². The van der Waals surface area contributed by atoms with Gasteiger partial charge < -0.3 is 0 Å². The largest absolute Gasteiger partial charge is 0.415 e. The van der Waals surface area contributed by atoms with E-state index in [4.69, 9.17) is 0 Å². The third-order valence-electron chi connectivity index (χ3n) is 1.62. The Morgan fingerprint density at radius 1 is 1.17 bits per heavy atom. The molecule has 70 valence electrons. The molecule has 0 aromatic carbocycles. The van der Waals surface area contributed by atoms with E-state index in [-0.39, 0.29) is 0 Å². The van der Waals surface area contributed by atoms with Crippen LogP contribution in [0.1, 0.15) is 12.8 Å². The SMILES string of the molecule is FC1=C(C(F)(F)F)CCC1(F)F. The van der Waals surface area contributed by atoms with Crippen molar-refractivity contribution in [2.24, 2.45) is 0 Å². The van der Waals surface area contributed by atoms with Gasteiger partial charge in [-0.15, -0.1) is 0 Å². The highest BCUT2D eigenvalue weighted by Gasteiger charge is 2.51. The lowest BCUT2D eigenvalue weighted by Crippen LogP contribution is -2.14. The molecule has 0 saturated heterocycles. The maximum atomic E-state index is 12.3. The van der Waals surface area contributed by atoms with Crippen LogP contribution < -0.4 is 0 Å². The first-order chi connectivity index (χ1) is 5.25. The van der Waals surface area contributed by atoms with Crippen molar-refractivity contribution in [2.45, 2.75) is 24.9 Å². The molecule has 12 heavy (non-hydrogen) atoms. The lowest BCUT2D eigenvalue weighted by Gasteiger charge is -2.07. The highest BCUT2D eigenvalue weighted by atomic mass is 19.4. The van der Waals surface area contributed by atoms with Gasteiger partial charge in [0.2, 0.25) is 0 Å². The molecule has 0 N–H and O–H groups in total. The lowest BCUT2D eigenvalue weighted by molar-refractivity contribution is -0.0952. The molecule has 0 atom stereocenters. The van der Waals surface area contributed by atoms with E-state index in [0.717, 1.165) is 0 Å². The third kappa shape index (κ3) is 1.42. The summed E-state index contributed by atoms with van der Waals surface area (Å²) in [6, 6.07) is 0. The molecule has 0 saturated carbocycles. The van der Waals surface area contributed by atoms with Crippen molar-refractivity contribution in [1.82, 2.24) is 0 Å². The molecule has 0 aromatic heterocycles. The van der Waals surface area contributed by atoms with Crippen molar-refractivity contribution in [3.63, 3.8) is 0 Å². The van der Waals surface area contributed by atoms with Crippen LogP contribution in [0.2, 0.25) is 0 Å². The fourth-order valence-electron chi connectivity index (χ4n) is 0.988. The quantitative estimate of drug-likeness (QED) is 0.514. The van der Waals surface area contributed by atoms with E-state index < -0.39 is 36.3 Å². The van der Waals surface area contributed by atoms with Gasteiger partial charge in [-0.3, -0.25) is 0 Å². The maximum absolute atomic E-state index is 12.3. The van der Waals surface area contributed by atoms with Crippen LogP contribution in [0.5, 0.6) is 0 Å². The van der Waals surface area contributed by atoms with E-state index in [2.05, 4.69) is 0 Å². The zero-order valence-electron chi connectivity index (χ0n) is 5.68. The summed E-state index contributed by atoms with van der Waals surface area (Å²) in [5.74, 6) is -6.25. The summed E-state index contributed by atoms with van der Waals surface area (Å²) in [6.07, 6.45) is -7.00. The van der Waals surface area contributed by atoms with Gasteiger partial charge in [-0.05, 0) is 6.42 Å². The number of rotatable bonds is 0. The first kappa shape index (κ1) is 9.41. The van der Waals surface area contributed by atoms with Gasteiger partial charge in [0, 0.05) is 6.42 Å². The molecule has 0 aromatic rings. The minimum Gasteiger partial charge on any atom is -0.205 e. The second-order valence-electron chi connectivity index (χ2n) is 2.49. The van der Waals surface area contributed by atoms with Crippen LogP contribution in [0.15, 0.2) is 11.4 Å². The van der Waals surface area contributed by atoms with Crippen molar-refractivity contribution >= 4 is 0 Å². The molecule has 0 fully saturated rings. The van der Waals surface area contributed by atoms with Gasteiger partial charge in [-0.2, -0.15) is 22.0 Å². The summed E-state index contributed by atoms with van der Waals surface area (Å²) in [7, 11) is 0. The van der Waals surface area contributed by atoms with E-state index in [9.17, 15) is 26.3 Å². The Labute approximate surface area is 63.9 Å². The minimum absolute atomic E-state index is 0.942. The van der Waals surface area contributed by atoms with Gasteiger partial charge in [0.1, 0.15) is 0 Å². The zero-order chi connectivity index (χ0) is 9.57. The predicted octanol–water partition coefficient (Wildman–Crippen LogP) is 3.20. The topological polar surface area (TPSA) is 0 Å². The highest BCUT2D eigenvalue weighted by molar-refractivity contribution is 5.25. The summed E-state index contributed by atoms with van der Waals surface area (Å²) in [5.41, 5.74) is -1.73. The summed E-state index contributed by atoms with van der Waals surface area (Å²) < 4.78 is 71.8. The first-order valence-corrected chi connectivity index (χ1v) is 3.09. The maximum Gasteiger partial charge on any atom is 0.415 e. The average molecular weight is 190 g/mol. The van der Waals surface area contributed by atoms with Crippen molar-refractivity contribution in [2.75, 3.05) is 0 Å². The molecule has 0 nitrogen and oxygen atoms in total. The number of allylic oxidation sites excluding steroid dienone is 2. The van der Waals surface area contributed by atoms with E-state index in [0.29, 0.717) is 0 Å². The Morgan fingerprint density at radius 2 is 1.67 bits per heavy atom. The molecule has 0 heterocycles. The second kappa shape index (κ2) is 2.40. The van der Waals surface area contributed by atoms with Crippen molar-refractivity contribution < 1.29 is 26.3 Å². The van der Waals surface area contributed by atoms with E-state index in [1.54, 1.807) is 0 Å². The third-order valence-corrected chi connectivity index (χ3v) is 1.62. The normalized spacial score (nSPS) is 23.5. The summed E-state index contributed by atoms with van der Waals surface area (Å²) in [6.45, 7) is 0. The molecule has 1 aliphatic carbocycles. The Kier molecular flexibility index (Phi) is 1.88. The van der Waals surface area contributed by atoms with Crippen LogP contribution in [-0.4, -0.2) is 12.1 Å². The molecule has 1 rings (SSSR count). The average Bonchev–Trinajstić information content (AvgIpc) is 2.06. The molecule has 0 amide bonds. The van der Waals surface area contributed by atoms with E-state index in [1.807, 2.05) is 0 Å². The number of hydrogen-bond donors (Lipinski definition) is 0. The summed E-state index contributed by atoms with van der Waals surface area (Å²) in [5, 5.41) is 0. The van der Waals surface area contributed by atoms with E-state index >= 15 is 0 Å². The summed E-state index contributed by atoms with van der Waals surface area (Å²) in [4.78, 5) is 0. The van der Waals surface area contributed by atoms with Gasteiger partial charge in [0.05, 0.1) is 5.57 Å². The minimum atomic E-state index is -4.97. The number of hydrogen-bond acceptors (Lipinski definition) is 0. The monoisotopic (exact) mass is 190 g/mol. The molecule has 6 heteroatoms. The van der Waals surface area contributed by atoms with E-state index in [1.165, 1.54) is 0 Å². The lowest BCUT2D eigenvalue weighted by atomic mass is 10.2. The van der Waals surface area contributed by atoms with Crippen molar-refractivity contribution in [1.29, 1.82) is 0 Å². The number of alkyl halides is 5. The van der Waals surface area contributed by atoms with Crippen LogP contribution >= 0.6 is 0 Å². The van der Waals surface area contributed by atoms with Gasteiger partial charge in [-0.1, -0.05) is 0 Å². The molecular weight excluding hydrogens is 186 g/mol. The van der Waals surface area contributed by atoms with Gasteiger partial charge in [0.25, 0.3) is 5.92 Å². The Hall–Kier alpha value is -0.680. The van der Waals surface area contributed by atoms with Crippen molar-refractivity contribution in [3.8, 4) is 0 Å². The number of halogens is 6. The van der Waals surface area contributed by atoms with Gasteiger partial charge in [0.15, 0.2) is 5.83 Å². The molecule has 0 spiro atoms. The first-order valence-electron chi connectivity index (χ1n) is 3.09. The molecule has 1 aliphatic rings. The fourth-order valence-corrected chi connectivity index (χ4v) is 0.988. The fraction of sp³-hybridized carbons (Fsp3) is 0.667. The molecule has 0 bridgehead atoms. The standard InChI is InChI=1S/C6H4F6/c7-4-3(6(10,11)12)1-2-5(4,8)9/h1-2H2. The molecular formula is C6H4F6. The van der Waals surface area contributed by atoms with Gasteiger partial charge >= 0.3 is 6.18 Å². The van der Waals surface area contributed by atoms with Crippen LogP contribution in [-0.2, 0) is 0 Å². The smallest absolute Gasteiger partial charge is 0.205 e. The van der Waals surface area contributed by atoms with Gasteiger partial charge in [-0.25, -0.2) is 4.39 Å². The molecule has 0 aliphatic heterocycles. The van der Waals surface area contributed by atoms with Crippen LogP contribution in [0.4, 0.5) is 26.3 Å². The highest BCUT2D eigenvalue weighted by Crippen LogP contribution is 2.46. The van der Waals surface area contributed by atoms with Crippen LogP contribution in [0.25, 0.3) is 0 Å². The predicted molar refractivity (Wildman–Crippen MR) is 28.4 cm³/mol.